The Bertz CT molecular complexity index is 1150. The summed E-state index contributed by atoms with van der Waals surface area (Å²) in [6.45, 7) is 7.15. The van der Waals surface area contributed by atoms with Gasteiger partial charge in [0, 0.05) is 28.9 Å². The molecule has 0 bridgehead atoms. The monoisotopic (exact) mass is 475 g/mol. The van der Waals surface area contributed by atoms with Gasteiger partial charge in [0.15, 0.2) is 0 Å². The molecule has 4 aliphatic carbocycles. The van der Waals surface area contributed by atoms with Crippen LogP contribution in [-0.2, 0) is 0 Å². The first kappa shape index (κ1) is 23.0. The first-order valence-electron chi connectivity index (χ1n) is 13.6. The summed E-state index contributed by atoms with van der Waals surface area (Å²) >= 11 is 0. The van der Waals surface area contributed by atoms with Crippen LogP contribution in [0.2, 0.25) is 0 Å². The maximum Gasteiger partial charge on any atom is 0.251 e. The van der Waals surface area contributed by atoms with Crippen molar-refractivity contribution in [1.29, 1.82) is 0 Å². The van der Waals surface area contributed by atoms with Crippen LogP contribution in [0.1, 0.15) is 81.3 Å². The number of aryl methyl sites for hydroxylation is 1. The van der Waals surface area contributed by atoms with Crippen molar-refractivity contribution in [2.24, 2.45) is 34.5 Å². The SMILES string of the molecule is Cc1cn(C2=CCC3C4CCC5CC(NC(=O)c6ccc(F)cc6)CCC5(C)C4CCC23C)cn1. The van der Waals surface area contributed by atoms with Crippen molar-refractivity contribution in [1.82, 2.24) is 14.9 Å². The first-order chi connectivity index (χ1) is 16.8. The van der Waals surface area contributed by atoms with Gasteiger partial charge >= 0.3 is 0 Å². The Morgan fingerprint density at radius 3 is 2.63 bits per heavy atom. The Balaban J connectivity index is 1.15. The lowest BCUT2D eigenvalue weighted by atomic mass is 9.45. The number of carbonyl (C=O) groups excluding carboxylic acids is 1. The predicted octanol–water partition coefficient (Wildman–Crippen LogP) is 6.62. The van der Waals surface area contributed by atoms with Crippen LogP contribution in [-0.4, -0.2) is 21.5 Å². The highest BCUT2D eigenvalue weighted by Crippen LogP contribution is 2.66. The fourth-order valence-corrected chi connectivity index (χ4v) is 8.76. The molecule has 5 heteroatoms. The van der Waals surface area contributed by atoms with E-state index in [1.165, 1.54) is 56.4 Å². The number of nitrogens with one attached hydrogen (secondary N) is 1. The van der Waals surface area contributed by atoms with Crippen LogP contribution in [0.3, 0.4) is 0 Å². The maximum absolute atomic E-state index is 13.2. The van der Waals surface area contributed by atoms with E-state index >= 15 is 0 Å². The number of benzene rings is 1. The summed E-state index contributed by atoms with van der Waals surface area (Å²) in [5, 5.41) is 3.27. The van der Waals surface area contributed by atoms with Gasteiger partial charge in [0.05, 0.1) is 12.0 Å². The molecule has 3 fully saturated rings. The fraction of sp³-hybridized carbons (Fsp3) is 0.600. The number of fused-ring (bicyclic) bond motifs is 5. The van der Waals surface area contributed by atoms with Gasteiger partial charge in [-0.3, -0.25) is 4.79 Å². The lowest BCUT2D eigenvalue weighted by molar-refractivity contribution is -0.100. The Hall–Kier alpha value is -2.43. The van der Waals surface area contributed by atoms with Crippen LogP contribution in [0.25, 0.3) is 5.70 Å². The van der Waals surface area contributed by atoms with Gasteiger partial charge < -0.3 is 9.88 Å². The van der Waals surface area contributed by atoms with E-state index < -0.39 is 0 Å². The molecular formula is C30H38FN3O. The smallest absolute Gasteiger partial charge is 0.251 e. The van der Waals surface area contributed by atoms with Crippen LogP contribution in [0.5, 0.6) is 0 Å². The molecule has 1 aromatic carbocycles. The third-order valence-electron chi connectivity index (χ3n) is 10.6. The zero-order chi connectivity index (χ0) is 24.4. The first-order valence-corrected chi connectivity index (χ1v) is 13.6. The quantitative estimate of drug-likeness (QED) is 0.542. The summed E-state index contributed by atoms with van der Waals surface area (Å²) in [6.07, 6.45) is 16.3. The highest BCUT2D eigenvalue weighted by atomic mass is 19.1. The third kappa shape index (κ3) is 3.68. The lowest BCUT2D eigenvalue weighted by Gasteiger charge is -2.61. The summed E-state index contributed by atoms with van der Waals surface area (Å²) < 4.78 is 15.5. The van der Waals surface area contributed by atoms with Crippen molar-refractivity contribution >= 4 is 11.6 Å². The largest absolute Gasteiger partial charge is 0.349 e. The Morgan fingerprint density at radius 2 is 1.89 bits per heavy atom. The third-order valence-corrected chi connectivity index (χ3v) is 10.6. The predicted molar refractivity (Wildman–Crippen MR) is 136 cm³/mol. The van der Waals surface area contributed by atoms with Crippen LogP contribution >= 0.6 is 0 Å². The van der Waals surface area contributed by atoms with Gasteiger partial charge in [-0.2, -0.15) is 0 Å². The molecule has 6 rings (SSSR count). The molecule has 0 aliphatic heterocycles. The number of amides is 1. The number of hydrogen-bond acceptors (Lipinski definition) is 2. The van der Waals surface area contributed by atoms with Crippen molar-refractivity contribution < 1.29 is 9.18 Å². The maximum atomic E-state index is 13.2. The molecule has 3 saturated carbocycles. The Labute approximate surface area is 208 Å². The van der Waals surface area contributed by atoms with Gasteiger partial charge in [-0.15, -0.1) is 0 Å². The Morgan fingerprint density at radius 1 is 1.09 bits per heavy atom. The summed E-state index contributed by atoms with van der Waals surface area (Å²) in [4.78, 5) is 17.3. The van der Waals surface area contributed by atoms with Crippen molar-refractivity contribution in [2.45, 2.75) is 78.2 Å². The van der Waals surface area contributed by atoms with Crippen molar-refractivity contribution in [2.75, 3.05) is 0 Å². The van der Waals surface area contributed by atoms with Gasteiger partial charge in [-0.25, -0.2) is 9.37 Å². The van der Waals surface area contributed by atoms with Gasteiger partial charge in [0.2, 0.25) is 0 Å². The van der Waals surface area contributed by atoms with E-state index in [0.717, 1.165) is 36.3 Å². The summed E-state index contributed by atoms with van der Waals surface area (Å²) in [5.74, 6) is 2.60. The number of aromatic nitrogens is 2. The standard InChI is InChI=1S/C30H38FN3O/c1-19-17-34(18-32-19)27-11-10-25-24-9-6-21-16-23(33-28(35)20-4-7-22(31)8-5-20)12-14-29(21,2)26(24)13-15-30(25,27)3/h4-5,7-8,11,17-18,21,23-26H,6,9-10,12-16H2,1-3H3,(H,33,35). The molecule has 4 aliphatic rings. The topological polar surface area (TPSA) is 46.9 Å². The average Bonchev–Trinajstić information content (AvgIpc) is 3.42. The molecule has 0 spiro atoms. The van der Waals surface area contributed by atoms with Gasteiger partial charge in [-0.1, -0.05) is 19.9 Å². The highest BCUT2D eigenvalue weighted by Gasteiger charge is 2.58. The van der Waals surface area contributed by atoms with Crippen molar-refractivity contribution in [3.8, 4) is 0 Å². The van der Waals surface area contributed by atoms with E-state index in [2.05, 4.69) is 47.9 Å². The molecule has 1 aromatic heterocycles. The van der Waals surface area contributed by atoms with Crippen LogP contribution in [0.15, 0.2) is 42.9 Å². The second-order valence-electron chi connectivity index (χ2n) is 12.3. The zero-order valence-electron chi connectivity index (χ0n) is 21.3. The minimum Gasteiger partial charge on any atom is -0.349 e. The van der Waals surface area contributed by atoms with E-state index in [0.29, 0.717) is 16.9 Å². The van der Waals surface area contributed by atoms with E-state index in [1.807, 2.05) is 6.33 Å². The molecule has 0 saturated heterocycles. The number of carbonyl (C=O) groups is 1. The van der Waals surface area contributed by atoms with Crippen molar-refractivity contribution in [3.05, 3.63) is 59.9 Å². The second-order valence-corrected chi connectivity index (χ2v) is 12.3. The fourth-order valence-electron chi connectivity index (χ4n) is 8.76. The van der Waals surface area contributed by atoms with E-state index in [4.69, 9.17) is 0 Å². The van der Waals surface area contributed by atoms with Gasteiger partial charge in [-0.05, 0) is 112 Å². The molecule has 2 aromatic rings. The molecule has 0 radical (unpaired) electrons. The Kier molecular flexibility index (Phi) is 5.46. The summed E-state index contributed by atoms with van der Waals surface area (Å²) in [5.41, 5.74) is 3.73. The number of rotatable bonds is 3. The second kappa shape index (κ2) is 8.31. The number of hydrogen-bond donors (Lipinski definition) is 1. The van der Waals surface area contributed by atoms with Gasteiger partial charge in [0.25, 0.3) is 5.91 Å². The van der Waals surface area contributed by atoms with E-state index in [1.54, 1.807) is 12.1 Å². The summed E-state index contributed by atoms with van der Waals surface area (Å²) in [6, 6.07) is 6.11. The molecule has 35 heavy (non-hydrogen) atoms. The van der Waals surface area contributed by atoms with Crippen LogP contribution in [0.4, 0.5) is 4.39 Å². The number of imidazole rings is 1. The molecule has 7 atom stereocenters. The minimum absolute atomic E-state index is 0.0694. The molecule has 1 N–H and O–H groups in total. The number of nitrogens with zero attached hydrogens (tertiary/aromatic N) is 2. The molecule has 7 unspecified atom stereocenters. The van der Waals surface area contributed by atoms with E-state index in [-0.39, 0.29) is 23.2 Å². The average molecular weight is 476 g/mol. The van der Waals surface area contributed by atoms with Crippen LogP contribution < -0.4 is 5.32 Å². The molecule has 1 heterocycles. The molecule has 186 valence electrons. The molecular weight excluding hydrogens is 437 g/mol. The highest BCUT2D eigenvalue weighted by molar-refractivity contribution is 5.94. The van der Waals surface area contributed by atoms with E-state index in [9.17, 15) is 9.18 Å². The van der Waals surface area contributed by atoms with Gasteiger partial charge in [0.1, 0.15) is 5.82 Å². The molecule has 1 amide bonds. The normalized spacial score (nSPS) is 38.2. The van der Waals surface area contributed by atoms with Crippen LogP contribution in [0, 0.1) is 47.2 Å². The lowest BCUT2D eigenvalue weighted by Crippen LogP contribution is -2.55. The summed E-state index contributed by atoms with van der Waals surface area (Å²) in [7, 11) is 0. The zero-order valence-corrected chi connectivity index (χ0v) is 21.3. The molecule has 4 nitrogen and oxygen atoms in total. The number of allylic oxidation sites excluding steroid dienone is 2. The minimum atomic E-state index is -0.306. The number of halogens is 1. The van der Waals surface area contributed by atoms with Crippen molar-refractivity contribution in [3.63, 3.8) is 0 Å².